The van der Waals surface area contributed by atoms with Gasteiger partial charge in [-0.15, -0.1) is 0 Å². The van der Waals surface area contributed by atoms with Crippen molar-refractivity contribution in [2.75, 3.05) is 50.9 Å². The second-order valence-electron chi connectivity index (χ2n) is 15.0. The molecule has 0 spiro atoms. The molecule has 0 radical (unpaired) electrons. The maximum Gasteiger partial charge on any atom is 0.339 e. The number of aliphatic hydroxyl groups excluding tert-OH is 2. The number of ether oxygens (including phenoxy) is 3. The summed E-state index contributed by atoms with van der Waals surface area (Å²) in [6, 6.07) is 29.2. The highest BCUT2D eigenvalue weighted by molar-refractivity contribution is 9.09. The second kappa shape index (κ2) is 30.8. The average molecular weight is 1030 g/mol. The van der Waals surface area contributed by atoms with Gasteiger partial charge in [-0.25, -0.2) is 26.4 Å². The van der Waals surface area contributed by atoms with Gasteiger partial charge in [-0.3, -0.25) is 9.59 Å². The predicted octanol–water partition coefficient (Wildman–Crippen LogP) is 8.24. The van der Waals surface area contributed by atoms with Crippen molar-refractivity contribution in [3.63, 3.8) is 0 Å². The summed E-state index contributed by atoms with van der Waals surface area (Å²) in [4.78, 5) is 48.1. The van der Waals surface area contributed by atoms with Crippen LogP contribution in [0.5, 0.6) is 0 Å². The molecule has 4 aromatic carbocycles. The quantitative estimate of drug-likeness (QED) is 0.0159. The number of sulfone groups is 2. The van der Waals surface area contributed by atoms with E-state index >= 15 is 0 Å². The van der Waals surface area contributed by atoms with E-state index in [2.05, 4.69) is 15.9 Å². The van der Waals surface area contributed by atoms with E-state index in [1.807, 2.05) is 6.07 Å². The Morgan fingerprint density at radius 1 is 0.493 bits per heavy atom. The third-order valence-corrected chi connectivity index (χ3v) is 12.4. The van der Waals surface area contributed by atoms with Gasteiger partial charge >= 0.3 is 23.9 Å². The number of carbonyl (C=O) groups is 4. The summed E-state index contributed by atoms with van der Waals surface area (Å²) >= 11 is 3.34. The molecule has 0 heterocycles. The molecule has 0 aromatic heterocycles. The van der Waals surface area contributed by atoms with Crippen molar-refractivity contribution in [1.29, 1.82) is 0 Å². The van der Waals surface area contributed by atoms with E-state index in [1.165, 1.54) is 69.5 Å². The van der Waals surface area contributed by atoms with Crippen LogP contribution in [0.2, 0.25) is 0 Å². The van der Waals surface area contributed by atoms with Crippen LogP contribution in [0.3, 0.4) is 0 Å². The number of carboxylic acids is 1. The first-order chi connectivity index (χ1) is 31.8. The van der Waals surface area contributed by atoms with Crippen molar-refractivity contribution in [2.45, 2.75) is 75.0 Å². The van der Waals surface area contributed by atoms with Crippen molar-refractivity contribution >= 4 is 81.8 Å². The highest BCUT2D eigenvalue weighted by Gasteiger charge is 2.23. The van der Waals surface area contributed by atoms with E-state index in [4.69, 9.17) is 24.4 Å². The molecule has 17 heteroatoms. The van der Waals surface area contributed by atoms with Crippen LogP contribution in [0.25, 0.3) is 22.3 Å². The summed E-state index contributed by atoms with van der Waals surface area (Å²) in [5, 5.41) is 28.0. The van der Waals surface area contributed by atoms with Gasteiger partial charge in [0.1, 0.15) is 13.2 Å². The number of aliphatic hydroxyl groups is 2. The molecule has 0 fully saturated rings. The largest absolute Gasteiger partial charge is 0.478 e. The van der Waals surface area contributed by atoms with E-state index in [0.717, 1.165) is 37.1 Å². The monoisotopic (exact) mass is 1030 g/mol. The van der Waals surface area contributed by atoms with Crippen LogP contribution >= 0.6 is 15.9 Å². The number of alkyl halides is 1. The fourth-order valence-corrected chi connectivity index (χ4v) is 7.83. The first-order valence-corrected chi connectivity index (χ1v) is 26.4. The zero-order valence-corrected chi connectivity index (χ0v) is 41.5. The molecule has 364 valence electrons. The van der Waals surface area contributed by atoms with Gasteiger partial charge in [0.05, 0.1) is 27.5 Å². The number of benzene rings is 4. The molecule has 14 nitrogen and oxygen atoms in total. The van der Waals surface area contributed by atoms with E-state index in [-0.39, 0.29) is 52.9 Å². The van der Waals surface area contributed by atoms with E-state index in [0.29, 0.717) is 47.3 Å². The van der Waals surface area contributed by atoms with Crippen LogP contribution in [0.4, 0.5) is 0 Å². The zero-order valence-electron chi connectivity index (χ0n) is 38.3. The Balaban J connectivity index is 0.000000403. The van der Waals surface area contributed by atoms with Gasteiger partial charge in [0.25, 0.3) is 0 Å². The van der Waals surface area contributed by atoms with Gasteiger partial charge in [0.2, 0.25) is 0 Å². The van der Waals surface area contributed by atoms with Crippen LogP contribution in [-0.2, 0) is 53.1 Å². The molecule has 0 unspecified atom stereocenters. The molecular weight excluding hydrogens is 969 g/mol. The van der Waals surface area contributed by atoms with Gasteiger partial charge in [-0.2, -0.15) is 0 Å². The van der Waals surface area contributed by atoms with Gasteiger partial charge in [-0.05, 0) is 78.6 Å². The minimum atomic E-state index is -3.39. The minimum absolute atomic E-state index is 0.0149. The summed E-state index contributed by atoms with van der Waals surface area (Å²) in [7, 11) is -6.77. The minimum Gasteiger partial charge on any atom is -0.478 e. The Morgan fingerprint density at radius 2 is 0.866 bits per heavy atom. The molecular formula is C50H61BrO14S2. The van der Waals surface area contributed by atoms with Crippen molar-refractivity contribution in [3.8, 4) is 0 Å². The van der Waals surface area contributed by atoms with Gasteiger partial charge in [0.15, 0.2) is 19.7 Å². The topological polar surface area (TPSA) is 225 Å². The summed E-state index contributed by atoms with van der Waals surface area (Å²) in [6.45, 7) is 2.78. The summed E-state index contributed by atoms with van der Waals surface area (Å²) in [5.41, 5.74) is 2.98. The first kappa shape index (κ1) is 57.7. The average Bonchev–Trinajstić information content (AvgIpc) is 3.29. The molecule has 0 bridgehead atoms. The number of hydrogen-bond acceptors (Lipinski definition) is 13. The lowest BCUT2D eigenvalue weighted by molar-refractivity contribution is -0.140. The van der Waals surface area contributed by atoms with Crippen LogP contribution in [0.1, 0.15) is 87.5 Å². The molecule has 0 aliphatic carbocycles. The predicted molar refractivity (Wildman–Crippen MR) is 262 cm³/mol. The second-order valence-corrected chi connectivity index (χ2v) is 19.8. The normalized spacial score (nSPS) is 11.9. The number of esters is 3. The lowest BCUT2D eigenvalue weighted by atomic mass is 9.95. The lowest BCUT2D eigenvalue weighted by Gasteiger charge is -2.16. The molecule has 0 aliphatic heterocycles. The number of aliphatic carboxylic acids is 1. The van der Waals surface area contributed by atoms with Crippen molar-refractivity contribution < 1.29 is 65.5 Å². The maximum absolute atomic E-state index is 13.2. The van der Waals surface area contributed by atoms with Crippen molar-refractivity contribution in [1.82, 2.24) is 0 Å². The molecule has 4 rings (SSSR count). The van der Waals surface area contributed by atoms with E-state index in [9.17, 15) is 41.1 Å². The molecule has 0 saturated carbocycles. The fraction of sp³-hybridized carbons (Fsp3) is 0.360. The number of rotatable bonds is 23. The Kier molecular flexibility index (Phi) is 26.5. The highest BCUT2D eigenvalue weighted by Crippen LogP contribution is 2.30. The summed E-state index contributed by atoms with van der Waals surface area (Å²) in [6.07, 6.45) is 9.86. The summed E-state index contributed by atoms with van der Waals surface area (Å²) in [5.74, 6) is -2.79. The van der Waals surface area contributed by atoms with Crippen LogP contribution in [-0.4, -0.2) is 107 Å². The SMILES string of the molecule is CC(=O)OC/C(=C(\C(=O)O)c1ccccc1)c1ccc(S(C)(=O)=O)cc1.CC(=O)OC/C(=C(\C(=O)OCCCCCCO)c1ccccc1)c1ccc(S(C)(=O)=O)cc1.OCCCCCCBr. The first-order valence-electron chi connectivity index (χ1n) is 21.5. The Hall–Kier alpha value is -5.46. The Morgan fingerprint density at radius 3 is 1.22 bits per heavy atom. The van der Waals surface area contributed by atoms with Gasteiger partial charge < -0.3 is 29.5 Å². The number of unbranched alkanes of at least 4 members (excludes halogenated alkanes) is 6. The van der Waals surface area contributed by atoms with Gasteiger partial charge in [-0.1, -0.05) is 120 Å². The molecule has 0 saturated heterocycles. The number of carboxylic acid groups (broad SMARTS) is 1. The number of hydrogen-bond donors (Lipinski definition) is 3. The summed E-state index contributed by atoms with van der Waals surface area (Å²) < 4.78 is 62.7. The van der Waals surface area contributed by atoms with Crippen molar-refractivity contribution in [3.05, 3.63) is 131 Å². The van der Waals surface area contributed by atoms with Crippen molar-refractivity contribution in [2.24, 2.45) is 0 Å². The molecule has 67 heavy (non-hydrogen) atoms. The van der Waals surface area contributed by atoms with E-state index in [1.54, 1.807) is 66.7 Å². The molecule has 4 aromatic rings. The van der Waals surface area contributed by atoms with Crippen LogP contribution < -0.4 is 0 Å². The standard InChI is InChI=1S/C25H30O7S.C19H18O6S.C6H13BrO/c1-19(27)32-18-23(20-12-14-22(15-13-20)33(2,29)30)24(21-10-6-5-7-11-21)25(28)31-17-9-4-3-8-16-26;1-13(20)25-12-17(14-8-10-16(11-9-14)26(2,23)24)18(19(21)22)15-6-4-3-5-7-15;7-5-3-1-2-4-6-8/h5-7,10-15,26H,3-4,8-9,16-18H2,1-2H3;3-11H,12H2,1-2H3,(H,21,22);8H,1-6H2/b24-23+;18-17+;. The molecule has 0 amide bonds. The third-order valence-electron chi connectivity index (χ3n) is 9.58. The van der Waals surface area contributed by atoms with E-state index < -0.39 is 43.6 Å². The number of halogens is 1. The lowest BCUT2D eigenvalue weighted by Crippen LogP contribution is -2.14. The molecule has 0 atom stereocenters. The zero-order chi connectivity index (χ0) is 49.8. The fourth-order valence-electron chi connectivity index (χ4n) is 6.17. The number of carbonyl (C=O) groups excluding carboxylic acids is 3. The maximum atomic E-state index is 13.2. The Bertz CT molecular complexity index is 2450. The molecule has 0 aliphatic rings. The van der Waals surface area contributed by atoms with Crippen LogP contribution in [0.15, 0.2) is 119 Å². The molecule has 3 N–H and O–H groups in total. The third kappa shape index (κ3) is 21.8. The Labute approximate surface area is 402 Å². The smallest absolute Gasteiger partial charge is 0.339 e. The van der Waals surface area contributed by atoms with Gasteiger partial charge in [0, 0.05) is 56.0 Å². The van der Waals surface area contributed by atoms with Crippen LogP contribution in [0, 0.1) is 0 Å². The highest BCUT2D eigenvalue weighted by atomic mass is 79.9.